The van der Waals surface area contributed by atoms with Crippen LogP contribution in [-0.4, -0.2) is 50.8 Å². The molecule has 1 heterocycles. The van der Waals surface area contributed by atoms with Crippen LogP contribution in [-0.2, 0) is 4.74 Å². The van der Waals surface area contributed by atoms with Crippen LogP contribution in [0.4, 0.5) is 4.79 Å². The number of rotatable bonds is 5. The fourth-order valence-corrected chi connectivity index (χ4v) is 3.09. The van der Waals surface area contributed by atoms with Crippen LogP contribution in [0.1, 0.15) is 26.7 Å². The molecular formula is C14H30N2O2Si. The first-order chi connectivity index (χ1) is 8.82. The summed E-state index contributed by atoms with van der Waals surface area (Å²) in [5.41, 5.74) is 0.0794. The van der Waals surface area contributed by atoms with Crippen molar-refractivity contribution < 1.29 is 9.53 Å². The van der Waals surface area contributed by atoms with Crippen molar-refractivity contribution >= 4 is 14.2 Å². The maximum absolute atomic E-state index is 12.1. The zero-order chi connectivity index (χ0) is 14.5. The van der Waals surface area contributed by atoms with Crippen LogP contribution < -0.4 is 5.32 Å². The van der Waals surface area contributed by atoms with Gasteiger partial charge in [-0.3, -0.25) is 0 Å². The highest BCUT2D eigenvalue weighted by molar-refractivity contribution is 6.76. The highest BCUT2D eigenvalue weighted by atomic mass is 28.3. The van der Waals surface area contributed by atoms with E-state index in [1.807, 2.05) is 4.90 Å². The van der Waals surface area contributed by atoms with E-state index in [9.17, 15) is 4.79 Å². The summed E-state index contributed by atoms with van der Waals surface area (Å²) >= 11 is 0. The smallest absolute Gasteiger partial charge is 0.409 e. The third-order valence-electron chi connectivity index (χ3n) is 4.06. The van der Waals surface area contributed by atoms with Crippen molar-refractivity contribution in [3.63, 3.8) is 0 Å². The number of carbonyl (C=O) groups excluding carboxylic acids is 1. The highest BCUT2D eigenvalue weighted by Crippen LogP contribution is 2.20. The lowest BCUT2D eigenvalue weighted by atomic mass is 9.90. The summed E-state index contributed by atoms with van der Waals surface area (Å²) in [4.78, 5) is 14.0. The van der Waals surface area contributed by atoms with Crippen LogP contribution in [0, 0.1) is 0 Å². The van der Waals surface area contributed by atoms with Crippen molar-refractivity contribution in [2.75, 3.05) is 26.2 Å². The predicted molar refractivity (Wildman–Crippen MR) is 82.4 cm³/mol. The first kappa shape index (κ1) is 16.5. The van der Waals surface area contributed by atoms with Gasteiger partial charge in [0.1, 0.15) is 0 Å². The Kier molecular flexibility index (Phi) is 5.86. The van der Waals surface area contributed by atoms with Crippen LogP contribution >= 0.6 is 0 Å². The van der Waals surface area contributed by atoms with Gasteiger partial charge >= 0.3 is 6.09 Å². The first-order valence-corrected chi connectivity index (χ1v) is 11.2. The fraction of sp³-hybridized carbons (Fsp3) is 0.929. The van der Waals surface area contributed by atoms with Gasteiger partial charge in [0, 0.05) is 33.2 Å². The zero-order valence-corrected chi connectivity index (χ0v) is 14.2. The molecule has 4 nitrogen and oxygen atoms in total. The molecule has 112 valence electrons. The number of carbonyl (C=O) groups is 1. The van der Waals surface area contributed by atoms with E-state index < -0.39 is 8.07 Å². The molecule has 0 aliphatic carbocycles. The lowest BCUT2D eigenvalue weighted by molar-refractivity contribution is 0.0740. The molecule has 0 atom stereocenters. The Balaban J connectivity index is 2.44. The molecule has 0 aromatic heterocycles. The molecule has 1 aliphatic rings. The lowest BCUT2D eigenvalue weighted by Crippen LogP contribution is -2.61. The standard InChI is InChI=1S/C14H30N2O2Si/c1-6-14(7-2)12-16(9-8-15-14)13(17)18-10-11-19(3,4)5/h15H,6-12H2,1-5H3. The minimum Gasteiger partial charge on any atom is -0.450 e. The predicted octanol–water partition coefficient (Wildman–Crippen LogP) is 2.93. The van der Waals surface area contributed by atoms with Crippen molar-refractivity contribution in [2.45, 2.75) is 57.9 Å². The molecule has 0 saturated carbocycles. The van der Waals surface area contributed by atoms with E-state index in [0.29, 0.717) is 6.61 Å². The molecule has 1 aliphatic heterocycles. The summed E-state index contributed by atoms with van der Waals surface area (Å²) in [6.07, 6.45) is 1.95. The Morgan fingerprint density at radius 1 is 1.32 bits per heavy atom. The Bertz CT molecular complexity index is 298. The van der Waals surface area contributed by atoms with Crippen LogP contribution in [0.5, 0.6) is 0 Å². The Hall–Kier alpha value is -0.553. The van der Waals surface area contributed by atoms with Gasteiger partial charge in [-0.1, -0.05) is 33.5 Å². The second kappa shape index (κ2) is 6.75. The van der Waals surface area contributed by atoms with Crippen molar-refractivity contribution in [3.05, 3.63) is 0 Å². The van der Waals surface area contributed by atoms with Gasteiger partial charge in [0.2, 0.25) is 0 Å². The van der Waals surface area contributed by atoms with E-state index in [-0.39, 0.29) is 11.6 Å². The average Bonchev–Trinajstić information content (AvgIpc) is 2.37. The van der Waals surface area contributed by atoms with Crippen molar-refractivity contribution in [1.82, 2.24) is 10.2 Å². The van der Waals surface area contributed by atoms with Gasteiger partial charge in [-0.05, 0) is 18.9 Å². The highest BCUT2D eigenvalue weighted by Gasteiger charge is 2.34. The van der Waals surface area contributed by atoms with Crippen LogP contribution in [0.15, 0.2) is 0 Å². The zero-order valence-electron chi connectivity index (χ0n) is 13.2. The molecule has 5 heteroatoms. The summed E-state index contributed by atoms with van der Waals surface area (Å²) in [6, 6.07) is 1.04. The topological polar surface area (TPSA) is 41.6 Å². The van der Waals surface area contributed by atoms with E-state index in [0.717, 1.165) is 38.5 Å². The van der Waals surface area contributed by atoms with E-state index in [2.05, 4.69) is 38.8 Å². The Morgan fingerprint density at radius 3 is 2.47 bits per heavy atom. The quantitative estimate of drug-likeness (QED) is 0.790. The molecule has 0 unspecified atom stereocenters. The fourth-order valence-electron chi connectivity index (χ4n) is 2.37. The van der Waals surface area contributed by atoms with E-state index in [1.54, 1.807) is 0 Å². The van der Waals surface area contributed by atoms with Gasteiger partial charge in [0.25, 0.3) is 0 Å². The number of nitrogens with one attached hydrogen (secondary N) is 1. The van der Waals surface area contributed by atoms with Crippen LogP contribution in [0.2, 0.25) is 25.7 Å². The molecule has 1 saturated heterocycles. The average molecular weight is 286 g/mol. The minimum absolute atomic E-state index is 0.0794. The molecule has 0 bridgehead atoms. The molecule has 0 spiro atoms. The molecule has 1 fully saturated rings. The molecule has 0 aromatic carbocycles. The summed E-state index contributed by atoms with van der Waals surface area (Å²) in [5.74, 6) is 0. The molecule has 0 radical (unpaired) electrons. The van der Waals surface area contributed by atoms with Gasteiger partial charge in [-0.2, -0.15) is 0 Å². The number of hydrogen-bond donors (Lipinski definition) is 1. The molecule has 1 rings (SSSR count). The number of piperazine rings is 1. The number of hydrogen-bond acceptors (Lipinski definition) is 3. The molecule has 19 heavy (non-hydrogen) atoms. The molecule has 0 aromatic rings. The van der Waals surface area contributed by atoms with Gasteiger partial charge in [-0.15, -0.1) is 0 Å². The van der Waals surface area contributed by atoms with E-state index in [1.165, 1.54) is 0 Å². The second-order valence-corrected chi connectivity index (χ2v) is 12.4. The largest absolute Gasteiger partial charge is 0.450 e. The van der Waals surface area contributed by atoms with Crippen LogP contribution in [0.3, 0.4) is 0 Å². The molecule has 1 amide bonds. The van der Waals surface area contributed by atoms with E-state index in [4.69, 9.17) is 4.74 Å². The minimum atomic E-state index is -1.12. The van der Waals surface area contributed by atoms with Gasteiger partial charge in [-0.25, -0.2) is 4.79 Å². The summed E-state index contributed by atoms with van der Waals surface area (Å²) in [5, 5.41) is 3.55. The lowest BCUT2D eigenvalue weighted by Gasteiger charge is -2.42. The maximum Gasteiger partial charge on any atom is 0.409 e. The second-order valence-electron chi connectivity index (χ2n) is 6.76. The first-order valence-electron chi connectivity index (χ1n) is 7.48. The van der Waals surface area contributed by atoms with Crippen LogP contribution in [0.25, 0.3) is 0 Å². The Labute approximate surface area is 118 Å². The summed E-state index contributed by atoms with van der Waals surface area (Å²) in [6.45, 7) is 14.2. The molecule has 1 N–H and O–H groups in total. The van der Waals surface area contributed by atoms with Crippen molar-refractivity contribution in [3.8, 4) is 0 Å². The van der Waals surface area contributed by atoms with Gasteiger partial charge < -0.3 is 15.0 Å². The monoisotopic (exact) mass is 286 g/mol. The van der Waals surface area contributed by atoms with Gasteiger partial charge in [0.15, 0.2) is 0 Å². The normalized spacial score (nSPS) is 19.3. The number of ether oxygens (including phenoxy) is 1. The van der Waals surface area contributed by atoms with Crippen molar-refractivity contribution in [1.29, 1.82) is 0 Å². The van der Waals surface area contributed by atoms with Crippen molar-refractivity contribution in [2.24, 2.45) is 0 Å². The van der Waals surface area contributed by atoms with Gasteiger partial charge in [0.05, 0.1) is 6.61 Å². The summed E-state index contributed by atoms with van der Waals surface area (Å²) < 4.78 is 5.43. The Morgan fingerprint density at radius 2 is 1.95 bits per heavy atom. The summed E-state index contributed by atoms with van der Waals surface area (Å²) in [7, 11) is -1.12. The maximum atomic E-state index is 12.1. The van der Waals surface area contributed by atoms with E-state index >= 15 is 0 Å². The number of amides is 1. The SMILES string of the molecule is CCC1(CC)CN(C(=O)OCC[Si](C)(C)C)CCN1. The third-order valence-corrected chi connectivity index (χ3v) is 5.77. The molecular weight excluding hydrogens is 256 g/mol. The number of nitrogens with zero attached hydrogens (tertiary/aromatic N) is 1. The third kappa shape index (κ3) is 5.14.